The van der Waals surface area contributed by atoms with Gasteiger partial charge in [-0.2, -0.15) is 5.10 Å². The van der Waals surface area contributed by atoms with Crippen molar-refractivity contribution in [2.24, 2.45) is 0 Å². The number of anilines is 1. The van der Waals surface area contributed by atoms with Crippen LogP contribution < -0.4 is 5.32 Å². The number of alkyl halides is 1. The number of piperidine rings is 1. The van der Waals surface area contributed by atoms with Crippen molar-refractivity contribution >= 4 is 23.5 Å². The van der Waals surface area contributed by atoms with E-state index in [-0.39, 0.29) is 24.7 Å². The summed E-state index contributed by atoms with van der Waals surface area (Å²) in [5, 5.41) is 6.99. The fourth-order valence-electron chi connectivity index (χ4n) is 5.55. The van der Waals surface area contributed by atoms with Crippen molar-refractivity contribution in [2.75, 3.05) is 18.4 Å². The first-order valence-corrected chi connectivity index (χ1v) is 13.7. The lowest BCUT2D eigenvalue weighted by atomic mass is 9.91. The van der Waals surface area contributed by atoms with Gasteiger partial charge < -0.3 is 5.32 Å². The van der Waals surface area contributed by atoms with E-state index in [1.54, 1.807) is 18.3 Å². The normalized spacial score (nSPS) is 17.6. The van der Waals surface area contributed by atoms with Gasteiger partial charge in [0, 0.05) is 43.4 Å². The van der Waals surface area contributed by atoms with Crippen molar-refractivity contribution < 1.29 is 22.8 Å². The van der Waals surface area contributed by atoms with Gasteiger partial charge in [-0.1, -0.05) is 36.4 Å². The van der Waals surface area contributed by atoms with Crippen LogP contribution in [0.3, 0.4) is 0 Å². The molecule has 1 aliphatic heterocycles. The number of hydrogen-bond acceptors (Lipinski definition) is 4. The Morgan fingerprint density at radius 3 is 2.59 bits per heavy atom. The molecule has 1 fully saturated rings. The smallest absolute Gasteiger partial charge is 0.255 e. The van der Waals surface area contributed by atoms with E-state index in [4.69, 9.17) is 0 Å². The van der Waals surface area contributed by atoms with Gasteiger partial charge in [-0.25, -0.2) is 13.2 Å². The number of halogens is 3. The van der Waals surface area contributed by atoms with E-state index in [1.165, 1.54) is 16.9 Å². The van der Waals surface area contributed by atoms with Crippen molar-refractivity contribution in [2.45, 2.75) is 44.9 Å². The largest absolute Gasteiger partial charge is 0.319 e. The number of ketones is 1. The summed E-state index contributed by atoms with van der Waals surface area (Å²) in [5.41, 5.74) is 6.16. The Balaban J connectivity index is 1.12. The molecular formula is C32H29F3N4O2. The first-order chi connectivity index (χ1) is 19.8. The second-order valence-electron chi connectivity index (χ2n) is 10.8. The zero-order valence-electron chi connectivity index (χ0n) is 22.4. The van der Waals surface area contributed by atoms with E-state index < -0.39 is 17.8 Å². The molecule has 0 spiro atoms. The van der Waals surface area contributed by atoms with Crippen LogP contribution in [-0.2, 0) is 29.1 Å². The molecule has 3 aromatic rings. The first-order valence-electron chi connectivity index (χ1n) is 13.7. The average Bonchev–Trinajstić information content (AvgIpc) is 3.58. The molecule has 1 N–H and O–H groups in total. The zero-order valence-corrected chi connectivity index (χ0v) is 22.4. The van der Waals surface area contributed by atoms with Crippen LogP contribution in [0.4, 0.5) is 18.9 Å². The summed E-state index contributed by atoms with van der Waals surface area (Å²) in [6, 6.07) is 9.97. The molecule has 3 aliphatic rings. The van der Waals surface area contributed by atoms with Gasteiger partial charge in [0.05, 0.1) is 18.4 Å². The van der Waals surface area contributed by atoms with Crippen LogP contribution in [0.1, 0.15) is 41.5 Å². The Bertz CT molecular complexity index is 1610. The predicted octanol–water partition coefficient (Wildman–Crippen LogP) is 5.55. The fraction of sp³-hybridized carbons (Fsp3) is 0.281. The lowest BCUT2D eigenvalue weighted by molar-refractivity contribution is -0.114. The summed E-state index contributed by atoms with van der Waals surface area (Å²) in [6.45, 7) is 2.50. The highest BCUT2D eigenvalue weighted by Gasteiger charge is 2.25. The number of aromatic nitrogens is 2. The maximum absolute atomic E-state index is 13.5. The summed E-state index contributed by atoms with van der Waals surface area (Å²) in [6.07, 6.45) is 9.58. The topological polar surface area (TPSA) is 67.2 Å². The monoisotopic (exact) mass is 558 g/mol. The molecule has 0 saturated carbocycles. The molecular weight excluding hydrogens is 529 g/mol. The van der Waals surface area contributed by atoms with Gasteiger partial charge in [-0.15, -0.1) is 0 Å². The molecule has 2 aliphatic carbocycles. The second kappa shape index (κ2) is 11.3. The number of nitrogens with zero attached hydrogens (tertiary/aromatic N) is 3. The van der Waals surface area contributed by atoms with Crippen LogP contribution in [0.25, 0.3) is 6.08 Å². The third-order valence-corrected chi connectivity index (χ3v) is 7.78. The Labute approximate surface area is 235 Å². The van der Waals surface area contributed by atoms with Crippen molar-refractivity contribution in [1.82, 2.24) is 14.7 Å². The minimum absolute atomic E-state index is 0.0331. The number of rotatable bonds is 7. The van der Waals surface area contributed by atoms with E-state index in [0.29, 0.717) is 41.7 Å². The highest BCUT2D eigenvalue weighted by Crippen LogP contribution is 2.33. The van der Waals surface area contributed by atoms with Gasteiger partial charge in [-0.05, 0) is 65.3 Å². The molecule has 1 saturated heterocycles. The van der Waals surface area contributed by atoms with E-state index in [1.807, 2.05) is 6.08 Å². The van der Waals surface area contributed by atoms with Crippen molar-refractivity contribution in [1.29, 1.82) is 0 Å². The van der Waals surface area contributed by atoms with Gasteiger partial charge in [0.2, 0.25) is 0 Å². The summed E-state index contributed by atoms with van der Waals surface area (Å²) >= 11 is 0. The van der Waals surface area contributed by atoms with Crippen LogP contribution in [0, 0.1) is 11.6 Å². The Kier molecular flexibility index (Phi) is 7.45. The lowest BCUT2D eigenvalue weighted by Gasteiger charge is -2.28. The minimum atomic E-state index is -0.930. The fourth-order valence-corrected chi connectivity index (χ4v) is 5.55. The van der Waals surface area contributed by atoms with Gasteiger partial charge >= 0.3 is 0 Å². The maximum Gasteiger partial charge on any atom is 0.255 e. The number of carbonyl (C=O) groups excluding carboxylic acids is 2. The van der Waals surface area contributed by atoms with Gasteiger partial charge in [0.1, 0.15) is 6.17 Å². The number of amides is 1. The Morgan fingerprint density at radius 2 is 1.78 bits per heavy atom. The van der Waals surface area contributed by atoms with Gasteiger partial charge in [0.15, 0.2) is 17.4 Å². The molecule has 41 heavy (non-hydrogen) atoms. The lowest BCUT2D eigenvalue weighted by Crippen LogP contribution is -2.33. The number of nitrogens with one attached hydrogen (secondary N) is 1. The van der Waals surface area contributed by atoms with Crippen LogP contribution in [0.5, 0.6) is 0 Å². The van der Waals surface area contributed by atoms with E-state index in [9.17, 15) is 22.8 Å². The van der Waals surface area contributed by atoms with Crippen LogP contribution in [0.15, 0.2) is 77.7 Å². The summed E-state index contributed by atoms with van der Waals surface area (Å²) in [4.78, 5) is 28.2. The Hall–Kier alpha value is -4.24. The predicted molar refractivity (Wildman–Crippen MR) is 150 cm³/mol. The molecule has 0 atom stereocenters. The molecule has 210 valence electrons. The Morgan fingerprint density at radius 1 is 1.00 bits per heavy atom. The number of allylic oxidation sites excluding steroid dienone is 3. The number of likely N-dealkylation sites (tertiary alicyclic amines) is 1. The second-order valence-corrected chi connectivity index (χ2v) is 10.8. The molecule has 9 heteroatoms. The summed E-state index contributed by atoms with van der Waals surface area (Å²) in [7, 11) is 0. The molecule has 6 rings (SSSR count). The van der Waals surface area contributed by atoms with Crippen molar-refractivity contribution in [3.8, 4) is 0 Å². The SMILES string of the molecule is O=C1CC=C(C(=O)Nc2cnn(Cc3ccc(F)c(F)c3)c2)C=C1C1=Cc2cc(CN3CCC(F)CC3)ccc2C1. The third-order valence-electron chi connectivity index (χ3n) is 7.78. The van der Waals surface area contributed by atoms with Crippen LogP contribution in [0.2, 0.25) is 0 Å². The number of Topliss-reactive ketones (excluding diaryl/α,β-unsaturated/α-hetero) is 1. The molecule has 0 bridgehead atoms. The van der Waals surface area contributed by atoms with Crippen LogP contribution in [-0.4, -0.2) is 45.6 Å². The van der Waals surface area contributed by atoms with E-state index >= 15 is 0 Å². The number of fused-ring (bicyclic) bond motifs is 1. The van der Waals surface area contributed by atoms with Crippen molar-refractivity contribution in [3.05, 3.63) is 112 Å². The van der Waals surface area contributed by atoms with E-state index in [0.717, 1.165) is 54.0 Å². The molecule has 2 aromatic carbocycles. The van der Waals surface area contributed by atoms with Crippen LogP contribution >= 0.6 is 0 Å². The molecule has 2 heterocycles. The number of carbonyl (C=O) groups is 2. The third kappa shape index (κ3) is 6.10. The molecule has 1 amide bonds. The van der Waals surface area contributed by atoms with Gasteiger partial charge in [0.25, 0.3) is 5.91 Å². The highest BCUT2D eigenvalue weighted by atomic mass is 19.2. The number of benzene rings is 2. The van der Waals surface area contributed by atoms with E-state index in [2.05, 4.69) is 33.5 Å². The molecule has 0 unspecified atom stereocenters. The standard InChI is InChI=1S/C32H29F3N4O2/c33-26-7-9-38(10-8-26)17-20-1-3-22-13-25(14-24(22)11-20)28-15-23(4-6-31(28)40)32(41)37-27-16-36-39(19-27)18-21-2-5-29(34)30(35)12-21/h1-5,11-12,14-16,19,26H,6-10,13,17-18H2,(H,37,41). The minimum Gasteiger partial charge on any atom is -0.319 e. The van der Waals surface area contributed by atoms with Gasteiger partial charge in [-0.3, -0.25) is 19.2 Å². The first kappa shape index (κ1) is 27.0. The molecule has 1 aromatic heterocycles. The maximum atomic E-state index is 13.5. The molecule has 6 nitrogen and oxygen atoms in total. The summed E-state index contributed by atoms with van der Waals surface area (Å²) in [5.74, 6) is -2.24. The highest BCUT2D eigenvalue weighted by molar-refractivity contribution is 6.12. The quantitative estimate of drug-likeness (QED) is 0.413. The molecule has 0 radical (unpaired) electrons. The number of hydrogen-bond donors (Lipinski definition) is 1. The summed E-state index contributed by atoms with van der Waals surface area (Å²) < 4.78 is 41.7. The van der Waals surface area contributed by atoms with Crippen molar-refractivity contribution in [3.63, 3.8) is 0 Å². The average molecular weight is 559 g/mol. The zero-order chi connectivity index (χ0) is 28.5.